The summed E-state index contributed by atoms with van der Waals surface area (Å²) in [6.07, 6.45) is -1.03. The average Bonchev–Trinajstić information content (AvgIpc) is 3.02. The SMILES string of the molecule is [2H]C([2H])([2H])Oc1cc(C)cc2cc(COC(=O)Oc3ccc([N+](=O)[O-])cc3)oc12. The lowest BCUT2D eigenvalue weighted by atomic mass is 10.1. The van der Waals surface area contributed by atoms with Crippen molar-refractivity contribution in [3.05, 3.63) is 63.9 Å². The van der Waals surface area contributed by atoms with Gasteiger partial charge in [0, 0.05) is 17.5 Å². The van der Waals surface area contributed by atoms with Crippen LogP contribution in [0.1, 0.15) is 15.4 Å². The highest BCUT2D eigenvalue weighted by Gasteiger charge is 2.13. The Bertz CT molecular complexity index is 1060. The maximum absolute atomic E-state index is 11.8. The molecule has 8 heteroatoms. The molecular weight excluding hydrogens is 342 g/mol. The number of nitro benzene ring substituents is 1. The number of benzene rings is 2. The molecular formula is C18H15NO7. The van der Waals surface area contributed by atoms with Crippen LogP contribution in [-0.4, -0.2) is 18.1 Å². The molecule has 0 aliphatic carbocycles. The van der Waals surface area contributed by atoms with E-state index in [0.29, 0.717) is 5.39 Å². The van der Waals surface area contributed by atoms with Gasteiger partial charge in [0.1, 0.15) is 11.5 Å². The van der Waals surface area contributed by atoms with E-state index in [1.165, 1.54) is 30.3 Å². The number of methoxy groups -OCH3 is 1. The van der Waals surface area contributed by atoms with Crippen molar-refractivity contribution in [2.75, 3.05) is 7.04 Å². The summed E-state index contributed by atoms with van der Waals surface area (Å²) in [6.45, 7) is 1.50. The Hall–Kier alpha value is -3.55. The Kier molecular flexibility index (Phi) is 3.76. The lowest BCUT2D eigenvalue weighted by molar-refractivity contribution is -0.384. The molecule has 1 aromatic heterocycles. The van der Waals surface area contributed by atoms with Gasteiger partial charge in [-0.1, -0.05) is 0 Å². The number of non-ortho nitro benzene ring substituents is 1. The maximum atomic E-state index is 11.8. The maximum Gasteiger partial charge on any atom is 0.514 e. The highest BCUT2D eigenvalue weighted by Crippen LogP contribution is 2.30. The van der Waals surface area contributed by atoms with Crippen molar-refractivity contribution in [3.63, 3.8) is 0 Å². The summed E-state index contributed by atoms with van der Waals surface area (Å²) < 4.78 is 42.2. The van der Waals surface area contributed by atoms with E-state index in [-0.39, 0.29) is 35.1 Å². The van der Waals surface area contributed by atoms with E-state index in [9.17, 15) is 14.9 Å². The minimum atomic E-state index is -2.64. The summed E-state index contributed by atoms with van der Waals surface area (Å²) in [6, 6.07) is 9.81. The predicted octanol–water partition coefficient (Wildman–Crippen LogP) is 4.37. The van der Waals surface area contributed by atoms with Crippen LogP contribution in [0.15, 0.2) is 46.9 Å². The van der Waals surface area contributed by atoms with Gasteiger partial charge in [0.15, 0.2) is 17.9 Å². The van der Waals surface area contributed by atoms with E-state index in [0.717, 1.165) is 5.56 Å². The molecule has 3 rings (SSSR count). The van der Waals surface area contributed by atoms with Crippen LogP contribution in [0.3, 0.4) is 0 Å². The van der Waals surface area contributed by atoms with Gasteiger partial charge in [0.05, 0.1) is 16.1 Å². The molecule has 1 heterocycles. The van der Waals surface area contributed by atoms with Gasteiger partial charge in [0.2, 0.25) is 0 Å². The Morgan fingerprint density at radius 3 is 2.73 bits per heavy atom. The number of aryl methyl sites for hydroxylation is 1. The van der Waals surface area contributed by atoms with Gasteiger partial charge in [-0.15, -0.1) is 0 Å². The zero-order chi connectivity index (χ0) is 21.2. The molecule has 0 amide bonds. The summed E-state index contributed by atoms with van der Waals surface area (Å²) in [5.41, 5.74) is 0.843. The standard InChI is InChI=1S/C18H15NO7/c1-11-7-12-9-15(25-17(12)16(8-11)23-2)10-24-18(20)26-14-5-3-13(4-6-14)19(21)22/h3-9H,10H2,1-2H3/i2D3. The van der Waals surface area contributed by atoms with Crippen molar-refractivity contribution in [2.24, 2.45) is 0 Å². The summed E-state index contributed by atoms with van der Waals surface area (Å²) in [5, 5.41) is 11.2. The molecule has 0 saturated carbocycles. The molecule has 134 valence electrons. The summed E-state index contributed by atoms with van der Waals surface area (Å²) in [5.74, 6) is 0.385. The molecule has 0 aliphatic heterocycles. The molecule has 0 bridgehead atoms. The second kappa shape index (κ2) is 7.14. The quantitative estimate of drug-likeness (QED) is 0.288. The molecule has 0 aliphatic rings. The molecule has 0 unspecified atom stereocenters. The Balaban J connectivity index is 1.68. The van der Waals surface area contributed by atoms with Crippen LogP contribution in [0.4, 0.5) is 10.5 Å². The van der Waals surface area contributed by atoms with Gasteiger partial charge in [-0.05, 0) is 42.8 Å². The molecule has 0 spiro atoms. The third kappa shape index (κ3) is 3.75. The zero-order valence-corrected chi connectivity index (χ0v) is 13.6. The number of nitro groups is 1. The largest absolute Gasteiger partial charge is 0.514 e. The highest BCUT2D eigenvalue weighted by molar-refractivity contribution is 5.84. The van der Waals surface area contributed by atoms with E-state index in [4.69, 9.17) is 22.7 Å². The lowest BCUT2D eigenvalue weighted by Crippen LogP contribution is -2.10. The van der Waals surface area contributed by atoms with Crippen molar-refractivity contribution in [3.8, 4) is 11.5 Å². The molecule has 26 heavy (non-hydrogen) atoms. The summed E-state index contributed by atoms with van der Waals surface area (Å²) in [4.78, 5) is 21.8. The van der Waals surface area contributed by atoms with Gasteiger partial charge >= 0.3 is 6.16 Å². The minimum absolute atomic E-state index is 0.0553. The zero-order valence-electron chi connectivity index (χ0n) is 16.6. The molecule has 0 N–H and O–H groups in total. The minimum Gasteiger partial charge on any atom is -0.493 e. The van der Waals surface area contributed by atoms with Crippen molar-refractivity contribution in [2.45, 2.75) is 13.5 Å². The second-order valence-corrected chi connectivity index (χ2v) is 5.39. The predicted molar refractivity (Wildman–Crippen MR) is 91.4 cm³/mol. The van der Waals surface area contributed by atoms with E-state index >= 15 is 0 Å². The van der Waals surface area contributed by atoms with E-state index < -0.39 is 18.1 Å². The molecule has 0 fully saturated rings. The fourth-order valence-electron chi connectivity index (χ4n) is 2.36. The molecule has 0 radical (unpaired) electrons. The van der Waals surface area contributed by atoms with Crippen LogP contribution in [0.25, 0.3) is 11.0 Å². The number of hydrogen-bond acceptors (Lipinski definition) is 7. The number of furan rings is 1. The van der Waals surface area contributed by atoms with Gasteiger partial charge in [0.25, 0.3) is 5.69 Å². The number of fused-ring (bicyclic) bond motifs is 1. The third-order valence-electron chi connectivity index (χ3n) is 3.47. The number of nitrogens with zero attached hydrogens (tertiary/aromatic N) is 1. The van der Waals surface area contributed by atoms with Crippen LogP contribution in [0.2, 0.25) is 0 Å². The van der Waals surface area contributed by atoms with Gasteiger partial charge in [-0.25, -0.2) is 4.79 Å². The molecule has 0 atom stereocenters. The first-order valence-corrected chi connectivity index (χ1v) is 7.42. The third-order valence-corrected chi connectivity index (χ3v) is 3.47. The fourth-order valence-corrected chi connectivity index (χ4v) is 2.36. The number of carbonyl (C=O) groups is 1. The molecule has 8 nitrogen and oxygen atoms in total. The van der Waals surface area contributed by atoms with Crippen LogP contribution in [-0.2, 0) is 11.3 Å². The van der Waals surface area contributed by atoms with Gasteiger partial charge < -0.3 is 18.6 Å². The monoisotopic (exact) mass is 360 g/mol. The van der Waals surface area contributed by atoms with E-state index in [1.807, 2.05) is 0 Å². The molecule has 0 saturated heterocycles. The summed E-state index contributed by atoms with van der Waals surface area (Å²) in [7, 11) is -2.64. The van der Waals surface area contributed by atoms with E-state index in [2.05, 4.69) is 0 Å². The van der Waals surface area contributed by atoms with Crippen molar-refractivity contribution in [1.82, 2.24) is 0 Å². The van der Waals surface area contributed by atoms with Crippen LogP contribution in [0, 0.1) is 17.0 Å². The first-order chi connectivity index (χ1) is 13.6. The average molecular weight is 360 g/mol. The van der Waals surface area contributed by atoms with Crippen molar-refractivity contribution >= 4 is 22.8 Å². The second-order valence-electron chi connectivity index (χ2n) is 5.39. The lowest BCUT2D eigenvalue weighted by Gasteiger charge is -2.04. The number of carbonyl (C=O) groups excluding carboxylic acids is 1. The van der Waals surface area contributed by atoms with E-state index in [1.54, 1.807) is 19.1 Å². The van der Waals surface area contributed by atoms with Crippen molar-refractivity contribution in [1.29, 1.82) is 0 Å². The smallest absolute Gasteiger partial charge is 0.493 e. The van der Waals surface area contributed by atoms with Gasteiger partial charge in [-0.3, -0.25) is 10.1 Å². The molecule has 2 aromatic carbocycles. The van der Waals surface area contributed by atoms with Crippen LogP contribution in [0.5, 0.6) is 11.5 Å². The number of hydrogen-bond donors (Lipinski definition) is 0. The van der Waals surface area contributed by atoms with Gasteiger partial charge in [-0.2, -0.15) is 0 Å². The Labute approximate surface area is 152 Å². The van der Waals surface area contributed by atoms with Crippen molar-refractivity contribution < 1.29 is 32.5 Å². The fraction of sp³-hybridized carbons (Fsp3) is 0.167. The highest BCUT2D eigenvalue weighted by atomic mass is 16.7. The first-order valence-electron chi connectivity index (χ1n) is 8.92. The van der Waals surface area contributed by atoms with Crippen LogP contribution < -0.4 is 9.47 Å². The Morgan fingerprint density at radius 1 is 1.27 bits per heavy atom. The number of ether oxygens (including phenoxy) is 3. The normalized spacial score (nSPS) is 12.7. The number of rotatable bonds is 5. The van der Waals surface area contributed by atoms with Crippen LogP contribution >= 0.6 is 0 Å². The molecule has 3 aromatic rings. The summed E-state index contributed by atoms with van der Waals surface area (Å²) >= 11 is 0. The topological polar surface area (TPSA) is 101 Å². The Morgan fingerprint density at radius 2 is 2.04 bits per heavy atom. The first kappa shape index (κ1) is 13.7.